The van der Waals surface area contributed by atoms with Crippen LogP contribution in [0.1, 0.15) is 56.4 Å². The van der Waals surface area contributed by atoms with Gasteiger partial charge in [0.25, 0.3) is 11.1 Å². The molecule has 1 saturated heterocycles. The van der Waals surface area contributed by atoms with E-state index in [-0.39, 0.29) is 12.1 Å². The summed E-state index contributed by atoms with van der Waals surface area (Å²) in [4.78, 5) is 41.9. The largest absolute Gasteiger partial charge is 0.362 e. The summed E-state index contributed by atoms with van der Waals surface area (Å²) in [6.07, 6.45) is 5.06. The summed E-state index contributed by atoms with van der Waals surface area (Å²) in [5.41, 5.74) is 7.09. The van der Waals surface area contributed by atoms with E-state index in [0.29, 0.717) is 10.6 Å². The molecular formula is C29H33N3O3S. The number of nitrogens with zero attached hydrogens (tertiary/aromatic N) is 2. The van der Waals surface area contributed by atoms with Crippen LogP contribution in [0.4, 0.5) is 16.2 Å². The summed E-state index contributed by atoms with van der Waals surface area (Å²) >= 11 is 0.869. The first kappa shape index (κ1) is 25.8. The van der Waals surface area contributed by atoms with Crippen molar-refractivity contribution in [1.82, 2.24) is 4.90 Å². The van der Waals surface area contributed by atoms with Gasteiger partial charge in [-0.1, -0.05) is 25.1 Å². The molecule has 2 aromatic carbocycles. The first-order chi connectivity index (χ1) is 17.0. The van der Waals surface area contributed by atoms with Gasteiger partial charge >= 0.3 is 0 Å². The van der Waals surface area contributed by atoms with Gasteiger partial charge in [0.05, 0.1) is 10.4 Å². The summed E-state index contributed by atoms with van der Waals surface area (Å²) in [7, 11) is 0. The van der Waals surface area contributed by atoms with Crippen LogP contribution in [0.5, 0.6) is 0 Å². The van der Waals surface area contributed by atoms with E-state index in [0.717, 1.165) is 51.9 Å². The third kappa shape index (κ3) is 5.12. The molecule has 7 heteroatoms. The molecule has 3 amide bonds. The van der Waals surface area contributed by atoms with Gasteiger partial charge in [0.15, 0.2) is 0 Å². The average molecular weight is 504 g/mol. The number of hydrogen-bond donors (Lipinski definition) is 1. The number of carbonyl (C=O) groups is 3. The molecule has 1 N–H and O–H groups in total. The minimum atomic E-state index is -0.445. The quantitative estimate of drug-likeness (QED) is 0.463. The number of anilines is 2. The molecule has 0 spiro atoms. The molecule has 188 valence electrons. The predicted molar refractivity (Wildman–Crippen MR) is 149 cm³/mol. The van der Waals surface area contributed by atoms with Crippen molar-refractivity contribution in [3.63, 3.8) is 0 Å². The summed E-state index contributed by atoms with van der Waals surface area (Å²) < 4.78 is 0. The maximum absolute atomic E-state index is 13.0. The first-order valence-corrected chi connectivity index (χ1v) is 13.1. The van der Waals surface area contributed by atoms with Crippen LogP contribution in [0.15, 0.2) is 47.4 Å². The van der Waals surface area contributed by atoms with Crippen molar-refractivity contribution in [1.29, 1.82) is 0 Å². The summed E-state index contributed by atoms with van der Waals surface area (Å²) in [5.74, 6) is -0.853. The number of benzene rings is 2. The van der Waals surface area contributed by atoms with E-state index in [1.807, 2.05) is 38.1 Å². The number of imide groups is 1. The van der Waals surface area contributed by atoms with Crippen LogP contribution < -0.4 is 10.2 Å². The molecule has 1 fully saturated rings. The Morgan fingerprint density at radius 2 is 1.81 bits per heavy atom. The van der Waals surface area contributed by atoms with Gasteiger partial charge in [-0.25, -0.2) is 0 Å². The maximum Gasteiger partial charge on any atom is 0.294 e. The van der Waals surface area contributed by atoms with Gasteiger partial charge in [-0.3, -0.25) is 19.3 Å². The van der Waals surface area contributed by atoms with Crippen LogP contribution in [0.2, 0.25) is 0 Å². The zero-order chi connectivity index (χ0) is 26.2. The van der Waals surface area contributed by atoms with E-state index in [9.17, 15) is 14.4 Å². The van der Waals surface area contributed by atoms with Crippen molar-refractivity contribution in [2.24, 2.45) is 0 Å². The Morgan fingerprint density at radius 3 is 2.50 bits per heavy atom. The number of fused-ring (bicyclic) bond motifs is 1. The van der Waals surface area contributed by atoms with Crippen LogP contribution in [0.3, 0.4) is 0 Å². The number of carbonyl (C=O) groups excluding carboxylic acids is 3. The van der Waals surface area contributed by atoms with Gasteiger partial charge in [0.1, 0.15) is 6.54 Å². The number of amides is 3. The summed E-state index contributed by atoms with van der Waals surface area (Å²) in [6.45, 7) is 13.3. The van der Waals surface area contributed by atoms with Crippen molar-refractivity contribution >= 4 is 51.8 Å². The molecule has 0 saturated carbocycles. The van der Waals surface area contributed by atoms with E-state index in [1.165, 1.54) is 11.3 Å². The molecule has 36 heavy (non-hydrogen) atoms. The highest BCUT2D eigenvalue weighted by molar-refractivity contribution is 8.18. The van der Waals surface area contributed by atoms with Gasteiger partial charge in [0, 0.05) is 23.5 Å². The Labute approximate surface area is 217 Å². The Balaban J connectivity index is 1.52. The Kier molecular flexibility index (Phi) is 7.14. The van der Waals surface area contributed by atoms with Gasteiger partial charge in [-0.05, 0) is 105 Å². The monoisotopic (exact) mass is 503 g/mol. The second kappa shape index (κ2) is 9.97. The molecule has 2 heterocycles. The third-order valence-electron chi connectivity index (χ3n) is 6.71. The lowest BCUT2D eigenvalue weighted by Gasteiger charge is -2.43. The summed E-state index contributed by atoms with van der Waals surface area (Å²) in [5, 5.41) is 2.34. The van der Waals surface area contributed by atoms with E-state index >= 15 is 0 Å². The molecule has 2 aromatic rings. The second-order valence-electron chi connectivity index (χ2n) is 10.0. The van der Waals surface area contributed by atoms with Crippen LogP contribution in [0, 0.1) is 13.8 Å². The van der Waals surface area contributed by atoms with Gasteiger partial charge in [-0.2, -0.15) is 0 Å². The first-order valence-electron chi connectivity index (χ1n) is 12.2. The van der Waals surface area contributed by atoms with Crippen LogP contribution >= 0.6 is 11.8 Å². The third-order valence-corrected chi connectivity index (χ3v) is 7.62. The van der Waals surface area contributed by atoms with Crippen LogP contribution in [-0.4, -0.2) is 40.6 Å². The molecule has 0 bridgehead atoms. The van der Waals surface area contributed by atoms with Crippen molar-refractivity contribution in [2.75, 3.05) is 23.3 Å². The Hall–Kier alpha value is -3.32. The van der Waals surface area contributed by atoms with Crippen molar-refractivity contribution < 1.29 is 14.4 Å². The average Bonchev–Trinajstić information content (AvgIpc) is 3.06. The van der Waals surface area contributed by atoms with Crippen molar-refractivity contribution in [3.05, 3.63) is 69.6 Å². The molecule has 0 radical (unpaired) electrons. The minimum Gasteiger partial charge on any atom is -0.362 e. The lowest BCUT2D eigenvalue weighted by Crippen LogP contribution is -2.45. The van der Waals surface area contributed by atoms with E-state index < -0.39 is 17.1 Å². The molecule has 6 nitrogen and oxygen atoms in total. The number of nitrogens with one attached hydrogen (secondary N) is 1. The molecule has 0 unspecified atom stereocenters. The smallest absolute Gasteiger partial charge is 0.294 e. The predicted octanol–water partition coefficient (Wildman–Crippen LogP) is 6.39. The molecule has 4 rings (SSSR count). The van der Waals surface area contributed by atoms with E-state index in [1.54, 1.807) is 6.08 Å². The highest BCUT2D eigenvalue weighted by Gasteiger charge is 2.36. The second-order valence-corrected chi connectivity index (χ2v) is 11.0. The molecule has 2 aliphatic heterocycles. The fraction of sp³-hybridized carbons (Fsp3) is 0.345. The van der Waals surface area contributed by atoms with Gasteiger partial charge in [0.2, 0.25) is 5.91 Å². The Bertz CT molecular complexity index is 1310. The lowest BCUT2D eigenvalue weighted by molar-refractivity contribution is -0.127. The molecule has 0 aromatic heterocycles. The fourth-order valence-electron chi connectivity index (χ4n) is 4.77. The maximum atomic E-state index is 13.0. The Morgan fingerprint density at radius 1 is 1.06 bits per heavy atom. The standard InChI is InChI=1S/C29H33N3O3S/c1-7-12-32-24-11-9-21(14-23(24)20(4)16-29(32,5)6)15-25-27(34)31(28(35)36-25)17-26(33)30-22-10-8-18(2)19(3)13-22/h8-11,13-16H,7,12,17H2,1-6H3,(H,30,33)/b25-15+. The van der Waals surface area contributed by atoms with E-state index in [4.69, 9.17) is 0 Å². The van der Waals surface area contributed by atoms with Crippen LogP contribution in [0.25, 0.3) is 11.6 Å². The zero-order valence-electron chi connectivity index (χ0n) is 21.8. The number of hydrogen-bond acceptors (Lipinski definition) is 5. The van der Waals surface area contributed by atoms with E-state index in [2.05, 4.69) is 56.1 Å². The highest BCUT2D eigenvalue weighted by Crippen LogP contribution is 2.40. The summed E-state index contributed by atoms with van der Waals surface area (Å²) in [6, 6.07) is 11.7. The SMILES string of the molecule is CCCN1c2ccc(/C=C3/SC(=O)N(CC(=O)Nc4ccc(C)c(C)c4)C3=O)cc2C(C)=CC1(C)C. The zero-order valence-corrected chi connectivity index (χ0v) is 22.6. The van der Waals surface area contributed by atoms with Crippen molar-refractivity contribution in [2.45, 2.75) is 53.5 Å². The molecular weight excluding hydrogens is 470 g/mol. The number of allylic oxidation sites excluding steroid dienone is 1. The van der Waals surface area contributed by atoms with Crippen LogP contribution in [-0.2, 0) is 9.59 Å². The minimum absolute atomic E-state index is 0.0743. The van der Waals surface area contributed by atoms with Gasteiger partial charge in [-0.15, -0.1) is 0 Å². The van der Waals surface area contributed by atoms with Crippen molar-refractivity contribution in [3.8, 4) is 0 Å². The highest BCUT2D eigenvalue weighted by atomic mass is 32.2. The molecule has 2 aliphatic rings. The topological polar surface area (TPSA) is 69.7 Å². The van der Waals surface area contributed by atoms with Gasteiger partial charge < -0.3 is 10.2 Å². The number of rotatable bonds is 6. The molecule has 0 atom stereocenters. The normalized spacial score (nSPS) is 17.9. The fourth-order valence-corrected chi connectivity index (χ4v) is 5.61. The number of thioether (sulfide) groups is 1. The molecule has 0 aliphatic carbocycles. The lowest BCUT2D eigenvalue weighted by atomic mass is 9.88. The number of aryl methyl sites for hydroxylation is 2.